The Kier molecular flexibility index (Phi) is 8.48. The molecule has 1 heterocycles. The lowest BCUT2D eigenvalue weighted by Crippen LogP contribution is -2.48. The van der Waals surface area contributed by atoms with Gasteiger partial charge in [0.1, 0.15) is 11.9 Å². The quantitative estimate of drug-likeness (QED) is 0.411. The molecule has 1 aliphatic carbocycles. The standard InChI is InChI=1S/C28H29FN2O4S/c1-35-28(34)19-13-15-21(16-14-19)31(25(32)18-22-10-7-17-36-22)26(23-11-5-6-12-24(23)29)27(33)30-20-8-3-2-4-9-20/h5-7,10-17,20,26H,2-4,8-9,18H2,1H3,(H,30,33)/t26-/m1/s1. The molecule has 4 rings (SSSR count). The molecule has 2 aromatic carbocycles. The van der Waals surface area contributed by atoms with Crippen molar-refractivity contribution in [1.29, 1.82) is 0 Å². The summed E-state index contributed by atoms with van der Waals surface area (Å²) in [6.07, 6.45) is 4.93. The van der Waals surface area contributed by atoms with Crippen LogP contribution in [0.1, 0.15) is 58.9 Å². The van der Waals surface area contributed by atoms with Gasteiger partial charge >= 0.3 is 5.97 Å². The van der Waals surface area contributed by atoms with Crippen LogP contribution in [0.15, 0.2) is 66.0 Å². The number of anilines is 1. The van der Waals surface area contributed by atoms with Gasteiger partial charge < -0.3 is 10.1 Å². The smallest absolute Gasteiger partial charge is 0.337 e. The maximum Gasteiger partial charge on any atom is 0.337 e. The van der Waals surface area contributed by atoms with E-state index in [-0.39, 0.29) is 23.9 Å². The van der Waals surface area contributed by atoms with Gasteiger partial charge in [-0.3, -0.25) is 14.5 Å². The highest BCUT2D eigenvalue weighted by Crippen LogP contribution is 2.32. The Labute approximate surface area is 214 Å². The summed E-state index contributed by atoms with van der Waals surface area (Å²) in [5.74, 6) is -1.86. The van der Waals surface area contributed by atoms with E-state index in [4.69, 9.17) is 4.74 Å². The van der Waals surface area contributed by atoms with Crippen LogP contribution in [-0.4, -0.2) is 30.9 Å². The van der Waals surface area contributed by atoms with Gasteiger partial charge in [0, 0.05) is 22.2 Å². The average molecular weight is 509 g/mol. The van der Waals surface area contributed by atoms with Crippen LogP contribution in [0.5, 0.6) is 0 Å². The maximum atomic E-state index is 15.1. The third kappa shape index (κ3) is 5.99. The number of halogens is 1. The number of nitrogens with zero attached hydrogens (tertiary/aromatic N) is 1. The Morgan fingerprint density at radius 2 is 1.75 bits per heavy atom. The molecule has 1 fully saturated rings. The predicted octanol–water partition coefficient (Wildman–Crippen LogP) is 5.44. The normalized spacial score (nSPS) is 14.6. The van der Waals surface area contributed by atoms with Crippen molar-refractivity contribution in [3.05, 3.63) is 87.9 Å². The van der Waals surface area contributed by atoms with Gasteiger partial charge in [-0.25, -0.2) is 9.18 Å². The average Bonchev–Trinajstić information content (AvgIpc) is 3.41. The van der Waals surface area contributed by atoms with Crippen LogP contribution in [0.3, 0.4) is 0 Å². The van der Waals surface area contributed by atoms with Crippen LogP contribution < -0.4 is 10.2 Å². The molecule has 8 heteroatoms. The van der Waals surface area contributed by atoms with Crippen molar-refractivity contribution in [3.8, 4) is 0 Å². The topological polar surface area (TPSA) is 75.7 Å². The maximum absolute atomic E-state index is 15.1. The number of ether oxygens (including phenoxy) is 1. The van der Waals surface area contributed by atoms with Gasteiger partial charge in [0.2, 0.25) is 11.8 Å². The van der Waals surface area contributed by atoms with Gasteiger partial charge in [-0.15, -0.1) is 11.3 Å². The van der Waals surface area contributed by atoms with Crippen LogP contribution in [0.2, 0.25) is 0 Å². The predicted molar refractivity (Wildman–Crippen MR) is 137 cm³/mol. The second-order valence-electron chi connectivity index (χ2n) is 8.83. The van der Waals surface area contributed by atoms with Crippen molar-refractivity contribution in [3.63, 3.8) is 0 Å². The summed E-state index contributed by atoms with van der Waals surface area (Å²) < 4.78 is 19.9. The van der Waals surface area contributed by atoms with Gasteiger partial charge in [0.15, 0.2) is 0 Å². The molecule has 1 saturated carbocycles. The number of methoxy groups -OCH3 is 1. The summed E-state index contributed by atoms with van der Waals surface area (Å²) in [7, 11) is 1.29. The third-order valence-electron chi connectivity index (χ3n) is 6.40. The summed E-state index contributed by atoms with van der Waals surface area (Å²) in [5.41, 5.74) is 0.805. The lowest BCUT2D eigenvalue weighted by Gasteiger charge is -2.33. The van der Waals surface area contributed by atoms with Gasteiger partial charge in [-0.1, -0.05) is 43.5 Å². The zero-order chi connectivity index (χ0) is 25.5. The van der Waals surface area contributed by atoms with E-state index in [1.807, 2.05) is 17.5 Å². The van der Waals surface area contributed by atoms with E-state index in [9.17, 15) is 14.4 Å². The van der Waals surface area contributed by atoms with Crippen LogP contribution in [-0.2, 0) is 20.7 Å². The molecule has 3 aromatic rings. The fraction of sp³-hybridized carbons (Fsp3) is 0.321. The number of carbonyl (C=O) groups excluding carboxylic acids is 3. The van der Waals surface area contributed by atoms with E-state index in [2.05, 4.69) is 5.32 Å². The lowest BCUT2D eigenvalue weighted by atomic mass is 9.94. The van der Waals surface area contributed by atoms with Gasteiger partial charge in [-0.2, -0.15) is 0 Å². The Bertz CT molecular complexity index is 1190. The number of hydrogen-bond acceptors (Lipinski definition) is 5. The molecule has 0 unspecified atom stereocenters. The molecule has 188 valence electrons. The Hall–Kier alpha value is -3.52. The highest BCUT2D eigenvalue weighted by Gasteiger charge is 2.35. The second-order valence-corrected chi connectivity index (χ2v) is 9.86. The van der Waals surface area contributed by atoms with E-state index in [0.29, 0.717) is 11.3 Å². The third-order valence-corrected chi connectivity index (χ3v) is 7.28. The van der Waals surface area contributed by atoms with Crippen molar-refractivity contribution < 1.29 is 23.5 Å². The van der Waals surface area contributed by atoms with Crippen LogP contribution in [0, 0.1) is 5.82 Å². The molecule has 1 atom stereocenters. The molecule has 0 saturated heterocycles. The summed E-state index contributed by atoms with van der Waals surface area (Å²) in [6.45, 7) is 0. The van der Waals surface area contributed by atoms with E-state index in [0.717, 1.165) is 37.0 Å². The van der Waals surface area contributed by atoms with Crippen LogP contribution in [0.4, 0.5) is 10.1 Å². The largest absolute Gasteiger partial charge is 0.465 e. The van der Waals surface area contributed by atoms with Gasteiger partial charge in [0.05, 0.1) is 19.1 Å². The van der Waals surface area contributed by atoms with Gasteiger partial charge in [-0.05, 0) is 54.6 Å². The van der Waals surface area contributed by atoms with Crippen molar-refractivity contribution >= 4 is 34.8 Å². The first kappa shape index (κ1) is 25.6. The second kappa shape index (κ2) is 11.9. The first-order valence-electron chi connectivity index (χ1n) is 12.1. The fourth-order valence-electron chi connectivity index (χ4n) is 4.58. The number of benzene rings is 2. The van der Waals surface area contributed by atoms with E-state index in [1.54, 1.807) is 24.3 Å². The number of carbonyl (C=O) groups is 3. The summed E-state index contributed by atoms with van der Waals surface area (Å²) in [5, 5.41) is 4.95. The Morgan fingerprint density at radius 1 is 1.03 bits per heavy atom. The molecule has 0 aliphatic heterocycles. The molecule has 1 aliphatic rings. The molecular formula is C28H29FN2O4S. The number of nitrogens with one attached hydrogen (secondary N) is 1. The number of hydrogen-bond donors (Lipinski definition) is 1. The monoisotopic (exact) mass is 508 g/mol. The minimum absolute atomic E-state index is 0.0172. The SMILES string of the molecule is COC(=O)c1ccc(N(C(=O)Cc2cccs2)[C@@H](C(=O)NC2CCCCC2)c2ccccc2F)cc1. The molecule has 36 heavy (non-hydrogen) atoms. The molecule has 0 bridgehead atoms. The fourth-order valence-corrected chi connectivity index (χ4v) is 5.28. The van der Waals surface area contributed by atoms with Crippen molar-refractivity contribution in [2.45, 2.75) is 50.6 Å². The molecule has 0 spiro atoms. The van der Waals surface area contributed by atoms with Gasteiger partial charge in [0.25, 0.3) is 0 Å². The zero-order valence-corrected chi connectivity index (χ0v) is 20.9. The summed E-state index contributed by atoms with van der Waals surface area (Å²) >= 11 is 1.44. The van der Waals surface area contributed by atoms with Crippen molar-refractivity contribution in [2.24, 2.45) is 0 Å². The Balaban J connectivity index is 1.77. The number of thiophene rings is 1. The lowest BCUT2D eigenvalue weighted by molar-refractivity contribution is -0.127. The van der Waals surface area contributed by atoms with Crippen LogP contribution >= 0.6 is 11.3 Å². The zero-order valence-electron chi connectivity index (χ0n) is 20.1. The molecule has 1 N–H and O–H groups in total. The highest BCUT2D eigenvalue weighted by atomic mass is 32.1. The Morgan fingerprint density at radius 3 is 2.39 bits per heavy atom. The molecule has 0 radical (unpaired) electrons. The highest BCUT2D eigenvalue weighted by molar-refractivity contribution is 7.10. The summed E-state index contributed by atoms with van der Waals surface area (Å²) in [4.78, 5) is 41.6. The van der Waals surface area contributed by atoms with Crippen LogP contribution in [0.25, 0.3) is 0 Å². The molecular weight excluding hydrogens is 479 g/mol. The van der Waals surface area contributed by atoms with Crippen molar-refractivity contribution in [1.82, 2.24) is 5.32 Å². The van der Waals surface area contributed by atoms with E-state index < -0.39 is 23.7 Å². The molecule has 1 aromatic heterocycles. The van der Waals surface area contributed by atoms with Crippen molar-refractivity contribution in [2.75, 3.05) is 12.0 Å². The molecule has 2 amide bonds. The minimum atomic E-state index is -1.22. The number of rotatable bonds is 8. The number of amides is 2. The van der Waals surface area contributed by atoms with E-state index >= 15 is 4.39 Å². The number of esters is 1. The van der Waals surface area contributed by atoms with E-state index in [1.165, 1.54) is 47.6 Å². The minimum Gasteiger partial charge on any atom is -0.465 e. The molecule has 6 nitrogen and oxygen atoms in total. The first-order chi connectivity index (χ1) is 17.5. The summed E-state index contributed by atoms with van der Waals surface area (Å²) in [6, 6.07) is 14.7. The first-order valence-corrected chi connectivity index (χ1v) is 12.9.